The van der Waals surface area contributed by atoms with E-state index in [-0.39, 0.29) is 5.91 Å². The molecule has 4 rings (SSSR count). The molecule has 0 aliphatic rings. The molecule has 0 aliphatic heterocycles. The molecule has 0 saturated carbocycles. The Hall–Kier alpha value is -3.93. The van der Waals surface area contributed by atoms with Crippen molar-refractivity contribution in [2.75, 3.05) is 5.32 Å². The van der Waals surface area contributed by atoms with Crippen LogP contribution in [0.3, 0.4) is 0 Å². The van der Waals surface area contributed by atoms with Gasteiger partial charge in [0.05, 0.1) is 12.1 Å². The van der Waals surface area contributed by atoms with Crippen molar-refractivity contribution in [2.24, 2.45) is 0 Å². The second kappa shape index (κ2) is 9.05. The normalized spacial score (nSPS) is 10.6. The van der Waals surface area contributed by atoms with Crippen LogP contribution in [0.2, 0.25) is 0 Å². The molecule has 0 atom stereocenters. The van der Waals surface area contributed by atoms with Crippen LogP contribution in [0.4, 0.5) is 5.69 Å². The molecule has 2 N–H and O–H groups in total. The van der Waals surface area contributed by atoms with E-state index >= 15 is 0 Å². The number of hydrogen-bond donors (Lipinski definition) is 2. The number of hydrogen-bond acceptors (Lipinski definition) is 5. The molecule has 30 heavy (non-hydrogen) atoms. The molecular formula is C24H22N4O2. The fourth-order valence-electron chi connectivity index (χ4n) is 3.01. The average molecular weight is 398 g/mol. The molecule has 1 heterocycles. The van der Waals surface area contributed by atoms with Crippen LogP contribution in [0.1, 0.15) is 27.4 Å². The third-order valence-electron chi connectivity index (χ3n) is 4.66. The summed E-state index contributed by atoms with van der Waals surface area (Å²) in [6.45, 7) is 2.83. The van der Waals surface area contributed by atoms with E-state index in [0.717, 1.165) is 11.1 Å². The van der Waals surface area contributed by atoms with Gasteiger partial charge >= 0.3 is 0 Å². The highest BCUT2D eigenvalue weighted by atomic mass is 16.4. The first-order chi connectivity index (χ1) is 14.7. The molecule has 3 aromatic carbocycles. The Morgan fingerprint density at radius 1 is 0.867 bits per heavy atom. The lowest BCUT2D eigenvalue weighted by Crippen LogP contribution is -2.24. The highest BCUT2D eigenvalue weighted by Crippen LogP contribution is 2.19. The van der Waals surface area contributed by atoms with Crippen LogP contribution in [0.25, 0.3) is 11.5 Å². The summed E-state index contributed by atoms with van der Waals surface area (Å²) >= 11 is 0. The summed E-state index contributed by atoms with van der Waals surface area (Å²) in [7, 11) is 0. The third-order valence-corrected chi connectivity index (χ3v) is 4.66. The van der Waals surface area contributed by atoms with Gasteiger partial charge in [0, 0.05) is 17.8 Å². The SMILES string of the molecule is Cc1ccc(CNC(=O)c2ccccc2NCc2nnc(-c3ccccc3)o2)cc1. The van der Waals surface area contributed by atoms with Gasteiger partial charge in [-0.3, -0.25) is 4.79 Å². The Balaban J connectivity index is 1.40. The van der Waals surface area contributed by atoms with Gasteiger partial charge in [-0.25, -0.2) is 0 Å². The van der Waals surface area contributed by atoms with Crippen molar-refractivity contribution in [3.8, 4) is 11.5 Å². The van der Waals surface area contributed by atoms with Gasteiger partial charge in [0.15, 0.2) is 0 Å². The maximum absolute atomic E-state index is 12.7. The first-order valence-electron chi connectivity index (χ1n) is 9.73. The molecule has 0 fully saturated rings. The number of carbonyl (C=O) groups excluding carboxylic acids is 1. The molecule has 0 saturated heterocycles. The molecule has 0 radical (unpaired) electrons. The minimum atomic E-state index is -0.144. The number of nitrogens with one attached hydrogen (secondary N) is 2. The van der Waals surface area contributed by atoms with Crippen molar-refractivity contribution in [1.29, 1.82) is 0 Å². The van der Waals surface area contributed by atoms with Gasteiger partial charge in [-0.05, 0) is 36.8 Å². The minimum Gasteiger partial charge on any atom is -0.419 e. The summed E-state index contributed by atoms with van der Waals surface area (Å²) < 4.78 is 5.72. The number of anilines is 1. The predicted molar refractivity (Wildman–Crippen MR) is 116 cm³/mol. The van der Waals surface area contributed by atoms with Crippen molar-refractivity contribution < 1.29 is 9.21 Å². The number of aromatic nitrogens is 2. The van der Waals surface area contributed by atoms with Crippen LogP contribution in [0.5, 0.6) is 0 Å². The van der Waals surface area contributed by atoms with Crippen molar-refractivity contribution in [1.82, 2.24) is 15.5 Å². The van der Waals surface area contributed by atoms with E-state index in [9.17, 15) is 4.79 Å². The maximum atomic E-state index is 12.7. The van der Waals surface area contributed by atoms with Gasteiger partial charge in [0.2, 0.25) is 11.8 Å². The lowest BCUT2D eigenvalue weighted by atomic mass is 10.1. The standard InChI is InChI=1S/C24H22N4O2/c1-17-11-13-18(14-12-17)15-26-23(29)20-9-5-6-10-21(20)25-16-22-27-28-24(30-22)19-7-3-2-4-8-19/h2-14,25H,15-16H2,1H3,(H,26,29). The van der Waals surface area contributed by atoms with Crippen LogP contribution < -0.4 is 10.6 Å². The van der Waals surface area contributed by atoms with E-state index in [2.05, 4.69) is 20.8 Å². The van der Waals surface area contributed by atoms with Crippen LogP contribution in [-0.4, -0.2) is 16.1 Å². The predicted octanol–water partition coefficient (Wildman–Crippen LogP) is 4.59. The van der Waals surface area contributed by atoms with Crippen molar-refractivity contribution in [3.05, 3.63) is 101 Å². The number of carbonyl (C=O) groups is 1. The van der Waals surface area contributed by atoms with Crippen LogP contribution in [-0.2, 0) is 13.1 Å². The molecule has 1 aromatic heterocycles. The molecule has 0 bridgehead atoms. The largest absolute Gasteiger partial charge is 0.419 e. The quantitative estimate of drug-likeness (QED) is 0.476. The Morgan fingerprint density at radius 3 is 2.40 bits per heavy atom. The smallest absolute Gasteiger partial charge is 0.253 e. The summed E-state index contributed by atoms with van der Waals surface area (Å²) in [4.78, 5) is 12.7. The van der Waals surface area contributed by atoms with E-state index in [1.54, 1.807) is 6.07 Å². The highest BCUT2D eigenvalue weighted by molar-refractivity contribution is 5.99. The Labute approximate surface area is 175 Å². The topological polar surface area (TPSA) is 80.0 Å². The summed E-state index contributed by atoms with van der Waals surface area (Å²) in [5.41, 5.74) is 4.38. The zero-order chi connectivity index (χ0) is 20.8. The van der Waals surface area contributed by atoms with Crippen LogP contribution >= 0.6 is 0 Å². The first kappa shape index (κ1) is 19.4. The van der Waals surface area contributed by atoms with Gasteiger partial charge in [0.1, 0.15) is 0 Å². The van der Waals surface area contributed by atoms with Gasteiger partial charge < -0.3 is 15.1 Å². The average Bonchev–Trinajstić information content (AvgIpc) is 3.27. The fourth-order valence-corrected chi connectivity index (χ4v) is 3.01. The Bertz CT molecular complexity index is 1120. The molecule has 0 aliphatic carbocycles. The molecule has 0 spiro atoms. The number of rotatable bonds is 7. The second-order valence-corrected chi connectivity index (χ2v) is 6.93. The van der Waals surface area contributed by atoms with Gasteiger partial charge in [-0.1, -0.05) is 60.2 Å². The number of nitrogens with zero attached hydrogens (tertiary/aromatic N) is 2. The van der Waals surface area contributed by atoms with E-state index in [1.807, 2.05) is 79.7 Å². The van der Waals surface area contributed by atoms with Gasteiger partial charge in [-0.15, -0.1) is 10.2 Å². The number of para-hydroxylation sites is 1. The second-order valence-electron chi connectivity index (χ2n) is 6.93. The number of benzene rings is 3. The lowest BCUT2D eigenvalue weighted by Gasteiger charge is -2.11. The maximum Gasteiger partial charge on any atom is 0.253 e. The highest BCUT2D eigenvalue weighted by Gasteiger charge is 2.12. The first-order valence-corrected chi connectivity index (χ1v) is 9.73. The molecule has 4 aromatic rings. The fraction of sp³-hybridized carbons (Fsp3) is 0.125. The van der Waals surface area contributed by atoms with Crippen molar-refractivity contribution >= 4 is 11.6 Å². The van der Waals surface area contributed by atoms with Gasteiger partial charge in [-0.2, -0.15) is 0 Å². The van der Waals surface area contributed by atoms with Gasteiger partial charge in [0.25, 0.3) is 5.91 Å². The third kappa shape index (κ3) is 4.72. The van der Waals surface area contributed by atoms with Crippen molar-refractivity contribution in [3.63, 3.8) is 0 Å². The molecule has 0 unspecified atom stereocenters. The summed E-state index contributed by atoms with van der Waals surface area (Å²) in [6.07, 6.45) is 0. The summed E-state index contributed by atoms with van der Waals surface area (Å²) in [5, 5.41) is 14.4. The molecule has 6 nitrogen and oxygen atoms in total. The van der Waals surface area contributed by atoms with E-state index < -0.39 is 0 Å². The minimum absolute atomic E-state index is 0.144. The monoisotopic (exact) mass is 398 g/mol. The van der Waals surface area contributed by atoms with E-state index in [0.29, 0.717) is 36.1 Å². The summed E-state index contributed by atoms with van der Waals surface area (Å²) in [5.74, 6) is 0.773. The number of aryl methyl sites for hydroxylation is 1. The molecular weight excluding hydrogens is 376 g/mol. The van der Waals surface area contributed by atoms with Crippen LogP contribution in [0, 0.1) is 6.92 Å². The summed E-state index contributed by atoms with van der Waals surface area (Å²) in [6, 6.07) is 25.1. The van der Waals surface area contributed by atoms with E-state index in [1.165, 1.54) is 5.56 Å². The van der Waals surface area contributed by atoms with E-state index in [4.69, 9.17) is 4.42 Å². The lowest BCUT2D eigenvalue weighted by molar-refractivity contribution is 0.0951. The zero-order valence-electron chi connectivity index (χ0n) is 16.6. The molecule has 150 valence electrons. The van der Waals surface area contributed by atoms with Crippen molar-refractivity contribution in [2.45, 2.75) is 20.0 Å². The van der Waals surface area contributed by atoms with Crippen LogP contribution in [0.15, 0.2) is 83.3 Å². The Kier molecular flexibility index (Phi) is 5.85. The Morgan fingerprint density at radius 2 is 1.60 bits per heavy atom. The molecule has 6 heteroatoms. The number of amides is 1. The zero-order valence-corrected chi connectivity index (χ0v) is 16.6. The molecule has 1 amide bonds.